The minimum absolute atomic E-state index is 0.386. The molecule has 0 saturated heterocycles. The molecule has 0 unspecified atom stereocenters. The summed E-state index contributed by atoms with van der Waals surface area (Å²) in [5, 5.41) is 0.773. The molecule has 1 fully saturated rings. The molecule has 17 heavy (non-hydrogen) atoms. The third-order valence-corrected chi connectivity index (χ3v) is 3.61. The van der Waals surface area contributed by atoms with E-state index in [0.29, 0.717) is 18.8 Å². The first-order chi connectivity index (χ1) is 8.28. The first kappa shape index (κ1) is 12.9. The summed E-state index contributed by atoms with van der Waals surface area (Å²) in [7, 11) is 1.79. The average Bonchev–Trinajstić information content (AvgIpc) is 2.39. The maximum atomic E-state index is 5.90. The summed E-state index contributed by atoms with van der Waals surface area (Å²) in [5.41, 5.74) is 1.18. The average molecular weight is 255 g/mol. The van der Waals surface area contributed by atoms with Crippen LogP contribution in [0.25, 0.3) is 0 Å². The fraction of sp³-hybridized carbons (Fsp3) is 0.571. The monoisotopic (exact) mass is 254 g/mol. The molecule has 1 aliphatic rings. The quantitative estimate of drug-likeness (QED) is 0.813. The van der Waals surface area contributed by atoms with Crippen molar-refractivity contribution in [1.82, 2.24) is 0 Å². The van der Waals surface area contributed by atoms with Gasteiger partial charge < -0.3 is 9.47 Å². The predicted molar refractivity (Wildman–Crippen MR) is 69.3 cm³/mol. The smallest absolute Gasteiger partial charge is 0.0720 e. The van der Waals surface area contributed by atoms with Gasteiger partial charge in [0.05, 0.1) is 18.8 Å². The summed E-state index contributed by atoms with van der Waals surface area (Å²) < 4.78 is 11.2. The molecular weight excluding hydrogens is 236 g/mol. The van der Waals surface area contributed by atoms with Gasteiger partial charge in [-0.25, -0.2) is 0 Å². The van der Waals surface area contributed by atoms with Gasteiger partial charge in [0.2, 0.25) is 0 Å². The number of benzene rings is 1. The highest BCUT2D eigenvalue weighted by Crippen LogP contribution is 2.24. The van der Waals surface area contributed by atoms with E-state index in [4.69, 9.17) is 21.1 Å². The van der Waals surface area contributed by atoms with Gasteiger partial charge in [-0.15, -0.1) is 0 Å². The number of rotatable bonds is 4. The summed E-state index contributed by atoms with van der Waals surface area (Å²) in [4.78, 5) is 0. The van der Waals surface area contributed by atoms with Gasteiger partial charge in [0.25, 0.3) is 0 Å². The SMILES string of the molecule is CO[C@H]1CC[C@H](OCc2ccc(Cl)cc2)CC1. The van der Waals surface area contributed by atoms with E-state index in [9.17, 15) is 0 Å². The molecule has 1 aromatic carbocycles. The lowest BCUT2D eigenvalue weighted by Gasteiger charge is -2.27. The van der Waals surface area contributed by atoms with Crippen LogP contribution in [0.2, 0.25) is 5.02 Å². The Labute approximate surface area is 108 Å². The van der Waals surface area contributed by atoms with Gasteiger partial charge in [0.15, 0.2) is 0 Å². The van der Waals surface area contributed by atoms with E-state index in [1.165, 1.54) is 5.56 Å². The lowest BCUT2D eigenvalue weighted by molar-refractivity contribution is -0.0235. The standard InChI is InChI=1S/C14H19ClO2/c1-16-13-6-8-14(9-7-13)17-10-11-2-4-12(15)5-3-11/h2-5,13-14H,6-10H2,1H3/t13-,14-. The summed E-state index contributed by atoms with van der Waals surface area (Å²) in [6, 6.07) is 7.84. The highest BCUT2D eigenvalue weighted by molar-refractivity contribution is 6.30. The van der Waals surface area contributed by atoms with Crippen molar-refractivity contribution in [3.63, 3.8) is 0 Å². The molecule has 0 spiro atoms. The molecule has 1 aliphatic carbocycles. The van der Waals surface area contributed by atoms with Crippen LogP contribution in [0.5, 0.6) is 0 Å². The van der Waals surface area contributed by atoms with E-state index in [1.54, 1.807) is 7.11 Å². The number of methoxy groups -OCH3 is 1. The van der Waals surface area contributed by atoms with Crippen molar-refractivity contribution in [2.45, 2.75) is 44.5 Å². The molecule has 1 saturated carbocycles. The molecule has 0 bridgehead atoms. The Bertz CT molecular complexity index is 329. The van der Waals surface area contributed by atoms with Gasteiger partial charge in [-0.1, -0.05) is 23.7 Å². The molecule has 1 aromatic rings. The molecule has 2 rings (SSSR count). The Hall–Kier alpha value is -0.570. The Balaban J connectivity index is 1.74. The highest BCUT2D eigenvalue weighted by atomic mass is 35.5. The van der Waals surface area contributed by atoms with Crippen LogP contribution in [0.3, 0.4) is 0 Å². The molecule has 94 valence electrons. The van der Waals surface area contributed by atoms with Crippen LogP contribution in [0.15, 0.2) is 24.3 Å². The van der Waals surface area contributed by atoms with E-state index in [0.717, 1.165) is 30.7 Å². The summed E-state index contributed by atoms with van der Waals surface area (Å²) in [5.74, 6) is 0. The first-order valence-electron chi connectivity index (χ1n) is 6.17. The van der Waals surface area contributed by atoms with Crippen LogP contribution in [-0.2, 0) is 16.1 Å². The summed E-state index contributed by atoms with van der Waals surface area (Å²) in [6.45, 7) is 0.680. The van der Waals surface area contributed by atoms with Crippen molar-refractivity contribution in [3.05, 3.63) is 34.9 Å². The summed E-state index contributed by atoms with van der Waals surface area (Å²) in [6.07, 6.45) is 5.25. The Morgan fingerprint density at radius 3 is 2.24 bits per heavy atom. The second kappa shape index (κ2) is 6.39. The summed E-state index contributed by atoms with van der Waals surface area (Å²) >= 11 is 5.84. The number of hydrogen-bond donors (Lipinski definition) is 0. The van der Waals surface area contributed by atoms with E-state index in [1.807, 2.05) is 24.3 Å². The highest BCUT2D eigenvalue weighted by Gasteiger charge is 2.20. The lowest BCUT2D eigenvalue weighted by atomic mass is 9.95. The Kier molecular flexibility index (Phi) is 4.84. The molecule has 0 radical (unpaired) electrons. The van der Waals surface area contributed by atoms with Crippen molar-refractivity contribution in [3.8, 4) is 0 Å². The first-order valence-corrected chi connectivity index (χ1v) is 6.54. The minimum Gasteiger partial charge on any atom is -0.381 e. The van der Waals surface area contributed by atoms with Crippen molar-refractivity contribution in [1.29, 1.82) is 0 Å². The third kappa shape index (κ3) is 3.98. The maximum Gasteiger partial charge on any atom is 0.0720 e. The predicted octanol–water partition coefficient (Wildman–Crippen LogP) is 3.81. The van der Waals surface area contributed by atoms with Gasteiger partial charge in [-0.3, -0.25) is 0 Å². The van der Waals surface area contributed by atoms with Gasteiger partial charge in [0.1, 0.15) is 0 Å². The number of ether oxygens (including phenoxy) is 2. The van der Waals surface area contributed by atoms with Crippen LogP contribution in [0.4, 0.5) is 0 Å². The second-order valence-corrected chi connectivity index (χ2v) is 5.01. The zero-order valence-electron chi connectivity index (χ0n) is 10.2. The second-order valence-electron chi connectivity index (χ2n) is 4.57. The van der Waals surface area contributed by atoms with Gasteiger partial charge in [0, 0.05) is 12.1 Å². The topological polar surface area (TPSA) is 18.5 Å². The van der Waals surface area contributed by atoms with Gasteiger partial charge in [-0.05, 0) is 43.4 Å². The molecule has 0 aromatic heterocycles. The van der Waals surface area contributed by atoms with E-state index < -0.39 is 0 Å². The van der Waals surface area contributed by atoms with Gasteiger partial charge in [-0.2, -0.15) is 0 Å². The van der Waals surface area contributed by atoms with Crippen LogP contribution in [0.1, 0.15) is 31.2 Å². The van der Waals surface area contributed by atoms with Gasteiger partial charge >= 0.3 is 0 Å². The molecule has 2 nitrogen and oxygen atoms in total. The fourth-order valence-corrected chi connectivity index (χ4v) is 2.36. The molecule has 3 heteroatoms. The zero-order chi connectivity index (χ0) is 12.1. The normalized spacial score (nSPS) is 24.8. The molecule has 0 N–H and O–H groups in total. The molecule has 0 atom stereocenters. The number of halogens is 1. The maximum absolute atomic E-state index is 5.90. The van der Waals surface area contributed by atoms with E-state index in [-0.39, 0.29) is 0 Å². The molecule has 0 amide bonds. The lowest BCUT2D eigenvalue weighted by Crippen LogP contribution is -2.25. The van der Waals surface area contributed by atoms with Crippen LogP contribution in [-0.4, -0.2) is 19.3 Å². The Morgan fingerprint density at radius 1 is 1.06 bits per heavy atom. The third-order valence-electron chi connectivity index (χ3n) is 3.35. The van der Waals surface area contributed by atoms with Crippen molar-refractivity contribution >= 4 is 11.6 Å². The van der Waals surface area contributed by atoms with E-state index >= 15 is 0 Å². The van der Waals surface area contributed by atoms with Crippen molar-refractivity contribution < 1.29 is 9.47 Å². The van der Waals surface area contributed by atoms with E-state index in [2.05, 4.69) is 0 Å². The van der Waals surface area contributed by atoms with Crippen LogP contribution in [0, 0.1) is 0 Å². The molecule has 0 heterocycles. The van der Waals surface area contributed by atoms with Crippen LogP contribution < -0.4 is 0 Å². The molecular formula is C14H19ClO2. The van der Waals surface area contributed by atoms with Crippen molar-refractivity contribution in [2.75, 3.05) is 7.11 Å². The zero-order valence-corrected chi connectivity index (χ0v) is 11.0. The number of hydrogen-bond acceptors (Lipinski definition) is 2. The minimum atomic E-state index is 0.386. The molecule has 0 aliphatic heterocycles. The fourth-order valence-electron chi connectivity index (χ4n) is 2.23. The van der Waals surface area contributed by atoms with Crippen molar-refractivity contribution in [2.24, 2.45) is 0 Å². The van der Waals surface area contributed by atoms with Crippen LogP contribution >= 0.6 is 11.6 Å². The Morgan fingerprint density at radius 2 is 1.65 bits per heavy atom. The largest absolute Gasteiger partial charge is 0.381 e.